The molecule has 2 heterocycles. The van der Waals surface area contributed by atoms with E-state index in [-0.39, 0.29) is 12.5 Å². The topological polar surface area (TPSA) is 99.3 Å². The number of anilines is 2. The number of carbonyl (C=O) groups excluding carboxylic acids is 4. The van der Waals surface area contributed by atoms with Gasteiger partial charge in [0.1, 0.15) is 6.54 Å². The zero-order valence-corrected chi connectivity index (χ0v) is 16.0. The highest BCUT2D eigenvalue weighted by molar-refractivity contribution is 6.45. The lowest BCUT2D eigenvalue weighted by Crippen LogP contribution is -2.39. The van der Waals surface area contributed by atoms with Gasteiger partial charge in [-0.25, -0.2) is 9.69 Å². The minimum atomic E-state index is -0.969. The summed E-state index contributed by atoms with van der Waals surface area (Å²) in [7, 11) is 0. The summed E-state index contributed by atoms with van der Waals surface area (Å²) >= 11 is 0. The van der Waals surface area contributed by atoms with E-state index in [9.17, 15) is 19.2 Å². The lowest BCUT2D eigenvalue weighted by atomic mass is 10.2. The molecular weight excluding hydrogens is 364 g/mol. The fourth-order valence-corrected chi connectivity index (χ4v) is 3.14. The van der Waals surface area contributed by atoms with Crippen molar-refractivity contribution in [3.8, 4) is 0 Å². The van der Waals surface area contributed by atoms with Crippen LogP contribution in [0.1, 0.15) is 13.8 Å². The van der Waals surface area contributed by atoms with Crippen LogP contribution in [0.2, 0.25) is 0 Å². The Labute approximate surface area is 163 Å². The molecule has 2 fully saturated rings. The number of amides is 5. The van der Waals surface area contributed by atoms with E-state index in [4.69, 9.17) is 4.74 Å². The maximum absolute atomic E-state index is 12.3. The molecule has 1 N–H and O–H groups in total. The van der Waals surface area contributed by atoms with Crippen molar-refractivity contribution in [2.75, 3.05) is 49.6 Å². The van der Waals surface area contributed by atoms with Crippen molar-refractivity contribution in [2.45, 2.75) is 13.8 Å². The molecule has 3 rings (SSSR count). The molecule has 9 heteroatoms. The number of morpholine rings is 1. The number of carbonyl (C=O) groups is 4. The van der Waals surface area contributed by atoms with Gasteiger partial charge in [0.2, 0.25) is 5.91 Å². The van der Waals surface area contributed by atoms with E-state index in [1.807, 2.05) is 26.0 Å². The second kappa shape index (κ2) is 8.39. The van der Waals surface area contributed by atoms with Crippen LogP contribution in [0, 0.1) is 5.92 Å². The third kappa shape index (κ3) is 4.30. The van der Waals surface area contributed by atoms with Gasteiger partial charge in [0.25, 0.3) is 0 Å². The SMILES string of the molecule is CC(C)CN1C(=O)C(=O)N(CC(=O)Nc2ccc(N3CCOCC3)cc2)C1=O. The number of imide groups is 2. The lowest BCUT2D eigenvalue weighted by molar-refractivity contribution is -0.143. The molecule has 0 aromatic heterocycles. The summed E-state index contributed by atoms with van der Waals surface area (Å²) in [4.78, 5) is 52.3. The third-order valence-corrected chi connectivity index (χ3v) is 4.51. The Morgan fingerprint density at radius 2 is 1.64 bits per heavy atom. The summed E-state index contributed by atoms with van der Waals surface area (Å²) in [6.45, 7) is 6.30. The van der Waals surface area contributed by atoms with Crippen LogP contribution in [-0.4, -0.2) is 72.9 Å². The Balaban J connectivity index is 1.58. The van der Waals surface area contributed by atoms with Crippen LogP contribution in [-0.2, 0) is 19.1 Å². The van der Waals surface area contributed by atoms with Crippen LogP contribution in [0.3, 0.4) is 0 Å². The Morgan fingerprint density at radius 3 is 2.25 bits per heavy atom. The minimum absolute atomic E-state index is 0.0273. The van der Waals surface area contributed by atoms with Crippen LogP contribution >= 0.6 is 0 Å². The van der Waals surface area contributed by atoms with Crippen LogP contribution in [0.15, 0.2) is 24.3 Å². The smallest absolute Gasteiger partial charge is 0.334 e. The first kappa shape index (κ1) is 19.8. The summed E-state index contributed by atoms with van der Waals surface area (Å²) in [5.74, 6) is -2.37. The Bertz CT molecular complexity index is 771. The molecule has 1 aromatic rings. The quantitative estimate of drug-likeness (QED) is 0.574. The first-order valence-electron chi connectivity index (χ1n) is 9.26. The van der Waals surface area contributed by atoms with Gasteiger partial charge in [0.05, 0.1) is 13.2 Å². The van der Waals surface area contributed by atoms with Crippen molar-refractivity contribution in [1.29, 1.82) is 0 Å². The number of urea groups is 1. The van der Waals surface area contributed by atoms with Crippen LogP contribution in [0.5, 0.6) is 0 Å². The number of rotatable bonds is 6. The minimum Gasteiger partial charge on any atom is -0.378 e. The van der Waals surface area contributed by atoms with Crippen molar-refractivity contribution in [3.63, 3.8) is 0 Å². The van der Waals surface area contributed by atoms with Crippen LogP contribution < -0.4 is 10.2 Å². The summed E-state index contributed by atoms with van der Waals surface area (Å²) in [6.07, 6.45) is 0. The van der Waals surface area contributed by atoms with E-state index in [1.54, 1.807) is 12.1 Å². The van der Waals surface area contributed by atoms with E-state index in [1.165, 1.54) is 0 Å². The van der Waals surface area contributed by atoms with Crippen LogP contribution in [0.4, 0.5) is 16.2 Å². The maximum atomic E-state index is 12.3. The molecule has 2 saturated heterocycles. The largest absolute Gasteiger partial charge is 0.378 e. The normalized spacial score (nSPS) is 17.7. The summed E-state index contributed by atoms with van der Waals surface area (Å²) in [5, 5.41) is 2.65. The summed E-state index contributed by atoms with van der Waals surface area (Å²) < 4.78 is 5.33. The van der Waals surface area contributed by atoms with Gasteiger partial charge in [0, 0.05) is 31.0 Å². The monoisotopic (exact) mass is 388 g/mol. The first-order chi connectivity index (χ1) is 13.4. The molecule has 2 aliphatic rings. The summed E-state index contributed by atoms with van der Waals surface area (Å²) in [5.41, 5.74) is 1.58. The Kier molecular flexibility index (Phi) is 5.93. The van der Waals surface area contributed by atoms with Gasteiger partial charge in [-0.2, -0.15) is 0 Å². The molecule has 5 amide bonds. The van der Waals surface area contributed by atoms with E-state index < -0.39 is 30.3 Å². The van der Waals surface area contributed by atoms with Gasteiger partial charge < -0.3 is 15.0 Å². The predicted octanol–water partition coefficient (Wildman–Crippen LogP) is 0.908. The summed E-state index contributed by atoms with van der Waals surface area (Å²) in [6, 6.07) is 6.54. The van der Waals surface area contributed by atoms with Crippen molar-refractivity contribution in [2.24, 2.45) is 5.92 Å². The van der Waals surface area contributed by atoms with E-state index in [0.29, 0.717) is 23.8 Å². The van der Waals surface area contributed by atoms with Crippen molar-refractivity contribution in [1.82, 2.24) is 9.80 Å². The highest BCUT2D eigenvalue weighted by Crippen LogP contribution is 2.19. The van der Waals surface area contributed by atoms with Gasteiger partial charge in [0.15, 0.2) is 0 Å². The molecule has 0 atom stereocenters. The van der Waals surface area contributed by atoms with Gasteiger partial charge in [-0.15, -0.1) is 0 Å². The maximum Gasteiger partial charge on any atom is 0.334 e. The molecule has 0 bridgehead atoms. The van der Waals surface area contributed by atoms with Gasteiger partial charge in [-0.3, -0.25) is 19.3 Å². The number of hydrogen-bond acceptors (Lipinski definition) is 6. The van der Waals surface area contributed by atoms with E-state index >= 15 is 0 Å². The van der Waals surface area contributed by atoms with Crippen molar-refractivity contribution in [3.05, 3.63) is 24.3 Å². The fraction of sp³-hybridized carbons (Fsp3) is 0.474. The number of nitrogens with one attached hydrogen (secondary N) is 1. The molecule has 0 saturated carbocycles. The predicted molar refractivity (Wildman–Crippen MR) is 102 cm³/mol. The van der Waals surface area contributed by atoms with Crippen molar-refractivity contribution >= 4 is 35.1 Å². The zero-order valence-electron chi connectivity index (χ0n) is 16.0. The molecule has 0 unspecified atom stereocenters. The number of ether oxygens (including phenoxy) is 1. The highest BCUT2D eigenvalue weighted by Gasteiger charge is 2.45. The standard InChI is InChI=1S/C19H24N4O5/c1-13(2)11-22-17(25)18(26)23(19(22)27)12-16(24)20-14-3-5-15(6-4-14)21-7-9-28-10-8-21/h3-6,13H,7-12H2,1-2H3,(H,20,24). The van der Waals surface area contributed by atoms with E-state index in [0.717, 1.165) is 23.7 Å². The first-order valence-corrected chi connectivity index (χ1v) is 9.26. The highest BCUT2D eigenvalue weighted by atomic mass is 16.5. The molecule has 0 spiro atoms. The number of benzene rings is 1. The zero-order chi connectivity index (χ0) is 20.3. The van der Waals surface area contributed by atoms with Gasteiger partial charge in [-0.05, 0) is 30.2 Å². The number of nitrogens with zero attached hydrogens (tertiary/aromatic N) is 3. The lowest BCUT2D eigenvalue weighted by Gasteiger charge is -2.28. The Hall–Kier alpha value is -2.94. The molecule has 0 aliphatic carbocycles. The molecule has 1 aromatic carbocycles. The molecule has 9 nitrogen and oxygen atoms in total. The molecule has 150 valence electrons. The fourth-order valence-electron chi connectivity index (χ4n) is 3.14. The molecule has 28 heavy (non-hydrogen) atoms. The second-order valence-corrected chi connectivity index (χ2v) is 7.18. The van der Waals surface area contributed by atoms with Gasteiger partial charge in [-0.1, -0.05) is 13.8 Å². The average Bonchev–Trinajstić information content (AvgIpc) is 2.87. The third-order valence-electron chi connectivity index (χ3n) is 4.51. The van der Waals surface area contributed by atoms with Crippen molar-refractivity contribution < 1.29 is 23.9 Å². The van der Waals surface area contributed by atoms with Crippen LogP contribution in [0.25, 0.3) is 0 Å². The Morgan fingerprint density at radius 1 is 1.04 bits per heavy atom. The second-order valence-electron chi connectivity index (χ2n) is 7.18. The number of hydrogen-bond donors (Lipinski definition) is 1. The molecular formula is C19H24N4O5. The molecule has 2 aliphatic heterocycles. The van der Waals surface area contributed by atoms with Gasteiger partial charge >= 0.3 is 17.8 Å². The average molecular weight is 388 g/mol. The molecule has 0 radical (unpaired) electrons. The van der Waals surface area contributed by atoms with E-state index in [2.05, 4.69) is 10.2 Å².